The Bertz CT molecular complexity index is 1070. The van der Waals surface area contributed by atoms with E-state index in [1.807, 2.05) is 6.07 Å². The lowest BCUT2D eigenvalue weighted by molar-refractivity contribution is -0.136. The Hall–Kier alpha value is -3.34. The highest BCUT2D eigenvalue weighted by Crippen LogP contribution is 2.29. The SMILES string of the molecule is O=C(O)CCc1ccc(NCc2ccc3c(c2)N(CCc2ccccc2)CCC3)cc1F. The standard InChI is InChI=1S/C27H29FN2O2/c28-25-18-24(12-10-22(25)11-13-27(31)32)29-19-21-8-9-23-7-4-15-30(26(23)17-21)16-14-20-5-2-1-3-6-20/h1-3,5-6,8-10,12,17-18,29H,4,7,11,13-16,19H2,(H,31,32). The van der Waals surface area contributed by atoms with Gasteiger partial charge in [0.25, 0.3) is 0 Å². The third-order valence-corrected chi connectivity index (χ3v) is 6.04. The van der Waals surface area contributed by atoms with Gasteiger partial charge < -0.3 is 15.3 Å². The molecule has 0 atom stereocenters. The molecule has 0 unspecified atom stereocenters. The quantitative estimate of drug-likeness (QED) is 0.472. The van der Waals surface area contributed by atoms with Crippen LogP contribution in [0.2, 0.25) is 0 Å². The first-order valence-electron chi connectivity index (χ1n) is 11.2. The number of hydrogen-bond donors (Lipinski definition) is 2. The summed E-state index contributed by atoms with van der Waals surface area (Å²) in [5, 5.41) is 12.1. The van der Waals surface area contributed by atoms with E-state index in [1.54, 1.807) is 6.07 Å². The molecule has 0 aromatic heterocycles. The van der Waals surface area contributed by atoms with Crippen LogP contribution in [-0.2, 0) is 30.6 Å². The van der Waals surface area contributed by atoms with Gasteiger partial charge in [0.1, 0.15) is 5.82 Å². The molecule has 32 heavy (non-hydrogen) atoms. The van der Waals surface area contributed by atoms with Gasteiger partial charge in [0.2, 0.25) is 0 Å². The highest BCUT2D eigenvalue weighted by Gasteiger charge is 2.17. The lowest BCUT2D eigenvalue weighted by Gasteiger charge is -2.32. The number of nitrogens with one attached hydrogen (secondary N) is 1. The molecule has 0 saturated heterocycles. The molecule has 0 aliphatic carbocycles. The van der Waals surface area contributed by atoms with Crippen molar-refractivity contribution in [1.82, 2.24) is 0 Å². The minimum Gasteiger partial charge on any atom is -0.481 e. The molecule has 5 heteroatoms. The van der Waals surface area contributed by atoms with Gasteiger partial charge >= 0.3 is 5.97 Å². The summed E-state index contributed by atoms with van der Waals surface area (Å²) in [6.45, 7) is 2.67. The van der Waals surface area contributed by atoms with E-state index in [0.717, 1.165) is 31.5 Å². The number of anilines is 2. The number of carbonyl (C=O) groups is 1. The number of halogens is 1. The maximum atomic E-state index is 14.3. The molecule has 0 spiro atoms. The Morgan fingerprint density at radius 2 is 1.84 bits per heavy atom. The fourth-order valence-corrected chi connectivity index (χ4v) is 4.25. The number of hydrogen-bond acceptors (Lipinski definition) is 3. The fraction of sp³-hybridized carbons (Fsp3) is 0.296. The van der Waals surface area contributed by atoms with Crippen LogP contribution < -0.4 is 10.2 Å². The van der Waals surface area contributed by atoms with Crippen LogP contribution in [0.5, 0.6) is 0 Å². The number of carboxylic acid groups (broad SMARTS) is 1. The van der Waals surface area contributed by atoms with E-state index in [4.69, 9.17) is 5.11 Å². The molecule has 0 radical (unpaired) electrons. The van der Waals surface area contributed by atoms with Crippen molar-refractivity contribution in [3.8, 4) is 0 Å². The number of benzene rings is 3. The zero-order chi connectivity index (χ0) is 22.3. The second-order valence-electron chi connectivity index (χ2n) is 8.34. The topological polar surface area (TPSA) is 52.6 Å². The molecule has 166 valence electrons. The summed E-state index contributed by atoms with van der Waals surface area (Å²) in [6, 6.07) is 22.1. The van der Waals surface area contributed by atoms with Crippen LogP contribution >= 0.6 is 0 Å². The van der Waals surface area contributed by atoms with E-state index in [9.17, 15) is 9.18 Å². The van der Waals surface area contributed by atoms with Gasteiger partial charge in [0, 0.05) is 37.4 Å². The van der Waals surface area contributed by atoms with E-state index in [0.29, 0.717) is 17.8 Å². The van der Waals surface area contributed by atoms with Gasteiger partial charge in [-0.1, -0.05) is 48.5 Å². The van der Waals surface area contributed by atoms with E-state index in [2.05, 4.69) is 58.7 Å². The summed E-state index contributed by atoms with van der Waals surface area (Å²) in [5.74, 6) is -1.29. The van der Waals surface area contributed by atoms with Gasteiger partial charge in [-0.05, 0) is 66.1 Å². The Morgan fingerprint density at radius 1 is 1.00 bits per heavy atom. The molecule has 0 fully saturated rings. The summed E-state index contributed by atoms with van der Waals surface area (Å²) in [4.78, 5) is 13.2. The van der Waals surface area contributed by atoms with E-state index < -0.39 is 5.97 Å². The van der Waals surface area contributed by atoms with Gasteiger partial charge in [-0.3, -0.25) is 4.79 Å². The predicted octanol–water partition coefficient (Wildman–Crippen LogP) is 5.45. The molecule has 3 aromatic rings. The first kappa shape index (κ1) is 21.9. The molecule has 0 amide bonds. The maximum absolute atomic E-state index is 14.3. The van der Waals surface area contributed by atoms with Crippen molar-refractivity contribution in [2.75, 3.05) is 23.3 Å². The summed E-state index contributed by atoms with van der Waals surface area (Å²) in [7, 11) is 0. The largest absolute Gasteiger partial charge is 0.481 e. The predicted molar refractivity (Wildman–Crippen MR) is 127 cm³/mol. The van der Waals surface area contributed by atoms with Gasteiger partial charge in [-0.15, -0.1) is 0 Å². The van der Waals surface area contributed by atoms with Crippen LogP contribution in [-0.4, -0.2) is 24.2 Å². The minimum absolute atomic E-state index is 0.0698. The van der Waals surface area contributed by atoms with Crippen molar-refractivity contribution < 1.29 is 14.3 Å². The molecule has 0 bridgehead atoms. The number of carboxylic acids is 1. The number of aryl methyl sites for hydroxylation is 2. The first-order chi connectivity index (χ1) is 15.6. The molecular weight excluding hydrogens is 403 g/mol. The molecule has 0 saturated carbocycles. The molecule has 1 heterocycles. The zero-order valence-electron chi connectivity index (χ0n) is 18.2. The van der Waals surface area contributed by atoms with Crippen LogP contribution in [0.4, 0.5) is 15.8 Å². The molecular formula is C27H29FN2O2. The molecule has 4 nitrogen and oxygen atoms in total. The highest BCUT2D eigenvalue weighted by atomic mass is 19.1. The average Bonchev–Trinajstić information content (AvgIpc) is 2.81. The number of rotatable bonds is 9. The second kappa shape index (κ2) is 10.3. The summed E-state index contributed by atoms with van der Waals surface area (Å²) in [6.07, 6.45) is 3.43. The van der Waals surface area contributed by atoms with E-state index >= 15 is 0 Å². The third kappa shape index (κ3) is 5.67. The van der Waals surface area contributed by atoms with Crippen molar-refractivity contribution in [3.05, 3.63) is 94.8 Å². The van der Waals surface area contributed by atoms with Gasteiger partial charge in [-0.25, -0.2) is 4.39 Å². The molecule has 3 aromatic carbocycles. The Labute approximate surface area is 188 Å². The van der Waals surface area contributed by atoms with Gasteiger partial charge in [0.15, 0.2) is 0 Å². The normalized spacial score (nSPS) is 13.0. The van der Waals surface area contributed by atoms with Crippen LogP contribution in [0.15, 0.2) is 66.7 Å². The van der Waals surface area contributed by atoms with Crippen molar-refractivity contribution in [1.29, 1.82) is 0 Å². The zero-order valence-corrected chi connectivity index (χ0v) is 18.2. The van der Waals surface area contributed by atoms with Crippen LogP contribution in [0.1, 0.15) is 35.1 Å². The Kier molecular flexibility index (Phi) is 7.05. The Morgan fingerprint density at radius 3 is 2.62 bits per heavy atom. The van der Waals surface area contributed by atoms with Crippen molar-refractivity contribution in [2.45, 2.75) is 38.6 Å². The van der Waals surface area contributed by atoms with E-state index in [-0.39, 0.29) is 18.7 Å². The first-order valence-corrected chi connectivity index (χ1v) is 11.2. The fourth-order valence-electron chi connectivity index (χ4n) is 4.25. The number of fused-ring (bicyclic) bond motifs is 1. The lowest BCUT2D eigenvalue weighted by atomic mass is 9.98. The number of nitrogens with zero attached hydrogens (tertiary/aromatic N) is 1. The lowest BCUT2D eigenvalue weighted by Crippen LogP contribution is -2.31. The summed E-state index contributed by atoms with van der Waals surface area (Å²) < 4.78 is 14.3. The number of aliphatic carboxylic acids is 1. The average molecular weight is 433 g/mol. The van der Waals surface area contributed by atoms with Gasteiger partial charge in [0.05, 0.1) is 0 Å². The maximum Gasteiger partial charge on any atom is 0.303 e. The van der Waals surface area contributed by atoms with Crippen LogP contribution in [0.25, 0.3) is 0 Å². The second-order valence-corrected chi connectivity index (χ2v) is 8.34. The molecule has 2 N–H and O–H groups in total. The summed E-state index contributed by atoms with van der Waals surface area (Å²) >= 11 is 0. The van der Waals surface area contributed by atoms with E-state index in [1.165, 1.54) is 29.3 Å². The van der Waals surface area contributed by atoms with Crippen LogP contribution in [0.3, 0.4) is 0 Å². The molecule has 4 rings (SSSR count). The highest BCUT2D eigenvalue weighted by molar-refractivity contribution is 5.67. The van der Waals surface area contributed by atoms with Crippen LogP contribution in [0, 0.1) is 5.82 Å². The van der Waals surface area contributed by atoms with Crippen molar-refractivity contribution in [2.24, 2.45) is 0 Å². The van der Waals surface area contributed by atoms with Crippen molar-refractivity contribution in [3.63, 3.8) is 0 Å². The smallest absolute Gasteiger partial charge is 0.303 e. The molecule has 1 aliphatic heterocycles. The third-order valence-electron chi connectivity index (χ3n) is 6.04. The monoisotopic (exact) mass is 432 g/mol. The molecule has 1 aliphatic rings. The van der Waals surface area contributed by atoms with Gasteiger partial charge in [-0.2, -0.15) is 0 Å². The minimum atomic E-state index is -0.920. The van der Waals surface area contributed by atoms with Crippen molar-refractivity contribution >= 4 is 17.3 Å². The Balaban J connectivity index is 1.40. The summed E-state index contributed by atoms with van der Waals surface area (Å²) in [5.41, 5.74) is 6.33.